The van der Waals surface area contributed by atoms with Crippen LogP contribution < -0.4 is 16.8 Å². The van der Waals surface area contributed by atoms with Gasteiger partial charge in [-0.15, -0.1) is 0 Å². The molecule has 0 atom stereocenters. The van der Waals surface area contributed by atoms with Gasteiger partial charge in [-0.05, 0) is 105 Å². The molecule has 0 spiro atoms. The Morgan fingerprint density at radius 3 is 1.52 bits per heavy atom. The molecule has 1 amide bonds. The number of aromatic amines is 1. The number of imidazole rings is 4. The van der Waals surface area contributed by atoms with Crippen molar-refractivity contribution >= 4 is 108 Å². The number of H-pyrrole nitrogens is 1. The summed E-state index contributed by atoms with van der Waals surface area (Å²) in [6.45, 7) is 3.98. The van der Waals surface area contributed by atoms with Crippen LogP contribution in [0.2, 0.25) is 0 Å². The number of carboxylic acids is 1. The summed E-state index contributed by atoms with van der Waals surface area (Å²) in [7, 11) is 3.52. The third kappa shape index (κ3) is 16.1. The van der Waals surface area contributed by atoms with Crippen LogP contribution in [-0.4, -0.2) is 130 Å². The number of carbonyl (C=O) groups is 5. The van der Waals surface area contributed by atoms with E-state index in [2.05, 4.69) is 59.9 Å². The summed E-state index contributed by atoms with van der Waals surface area (Å²) >= 11 is 0. The maximum Gasteiger partial charge on any atom is 0.379 e. The number of amides is 1. The van der Waals surface area contributed by atoms with Crippen LogP contribution >= 0.6 is 0 Å². The molecule has 27 heteroatoms. The second-order valence-corrected chi connectivity index (χ2v) is 18.0. The first kappa shape index (κ1) is 60.9. The standard InChI is InChI=1S/C16H10FN5O.C13H11N3O2.C11H7N3O2.C8H13NO3.C7H7N3.C5H5FN2/c17-14-6-5-10(9-18-14)19-15(23)12-7-8-22-13-4-2-1-3-11(13)20-16(22)21-12;1-2-18-12(17)10-7-8-16-11-6-4-3-5-9(11)14-13(16)15-10;15-10(16)8-5-6-14-9-4-2-1-3-7(9)12-11(14)13-8;1-4-12-8(11)7(10)5-6-9(2)3;8-7-9-5-3-1-2-4-6(5)10-7;6-5-2-1-4(7)3-8-5/h1-9H,(H,19,23);3-8H,2H2,1H3;1-6H,(H,15,16);5-6H,4H2,1-3H3;1-4H,(H3,8,9,10);1-3H,7H2/b;;;6-5+;;. The van der Waals surface area contributed by atoms with Gasteiger partial charge in [-0.1, -0.05) is 48.5 Å². The van der Waals surface area contributed by atoms with Crippen molar-refractivity contribution in [2.75, 3.05) is 44.1 Å². The van der Waals surface area contributed by atoms with Crippen LogP contribution in [0.5, 0.6) is 0 Å². The van der Waals surface area contributed by atoms with Crippen LogP contribution in [0.4, 0.5) is 26.1 Å². The predicted molar refractivity (Wildman–Crippen MR) is 320 cm³/mol. The predicted octanol–water partition coefficient (Wildman–Crippen LogP) is 8.45. The van der Waals surface area contributed by atoms with Crippen LogP contribution in [0.3, 0.4) is 0 Å². The maximum atomic E-state index is 12.8. The number of aromatic carboxylic acids is 1. The normalized spacial score (nSPS) is 10.6. The molecule has 0 radical (unpaired) electrons. The first-order chi connectivity index (χ1) is 42.0. The largest absolute Gasteiger partial charge is 0.477 e. The number of carbonyl (C=O) groups excluding carboxylic acids is 4. The van der Waals surface area contributed by atoms with E-state index in [1.807, 2.05) is 106 Å². The smallest absolute Gasteiger partial charge is 0.379 e. The molecule has 13 aromatic rings. The van der Waals surface area contributed by atoms with Gasteiger partial charge in [0, 0.05) is 45.0 Å². The van der Waals surface area contributed by atoms with E-state index in [1.165, 1.54) is 55.0 Å². The van der Waals surface area contributed by atoms with Gasteiger partial charge in [0.05, 0.1) is 81.1 Å². The van der Waals surface area contributed by atoms with E-state index < -0.39 is 41.5 Å². The van der Waals surface area contributed by atoms with Crippen molar-refractivity contribution in [3.63, 3.8) is 0 Å². The van der Waals surface area contributed by atoms with Crippen molar-refractivity contribution in [3.8, 4) is 0 Å². The van der Waals surface area contributed by atoms with E-state index in [-0.39, 0.29) is 23.7 Å². The van der Waals surface area contributed by atoms with Crippen LogP contribution in [0, 0.1) is 11.9 Å². The Kier molecular flexibility index (Phi) is 20.1. The average molecular weight is 1180 g/mol. The summed E-state index contributed by atoms with van der Waals surface area (Å²) < 4.78 is 39.5. The Bertz CT molecular complexity index is 4530. The summed E-state index contributed by atoms with van der Waals surface area (Å²) in [5, 5.41) is 11.4. The van der Waals surface area contributed by atoms with Gasteiger partial charge in [0.25, 0.3) is 11.7 Å². The fraction of sp³-hybridized carbons (Fsp3) is 0.100. The lowest BCUT2D eigenvalue weighted by Gasteiger charge is -2.04. The number of pyridine rings is 2. The molecule has 9 heterocycles. The number of anilines is 3. The lowest BCUT2D eigenvalue weighted by molar-refractivity contribution is -0.151. The second kappa shape index (κ2) is 28.7. The Labute approximate surface area is 491 Å². The van der Waals surface area contributed by atoms with Crippen molar-refractivity contribution in [3.05, 3.63) is 212 Å². The third-order valence-corrected chi connectivity index (χ3v) is 11.6. The summed E-state index contributed by atoms with van der Waals surface area (Å²) in [5.74, 6) is -2.61. The zero-order valence-corrected chi connectivity index (χ0v) is 46.8. The highest BCUT2D eigenvalue weighted by Gasteiger charge is 2.15. The summed E-state index contributed by atoms with van der Waals surface area (Å²) in [5.41, 5.74) is 19.2. The number of fused-ring (bicyclic) bond motifs is 10. The van der Waals surface area contributed by atoms with Crippen molar-refractivity contribution in [2.24, 2.45) is 0 Å². The van der Waals surface area contributed by atoms with Gasteiger partial charge in [0.1, 0.15) is 5.69 Å². The highest BCUT2D eigenvalue weighted by Crippen LogP contribution is 2.19. The molecule has 87 heavy (non-hydrogen) atoms. The molecule has 0 bridgehead atoms. The van der Waals surface area contributed by atoms with E-state index in [9.17, 15) is 32.8 Å². The molecule has 0 aliphatic rings. The quantitative estimate of drug-likeness (QED) is 0.0391. The van der Waals surface area contributed by atoms with Crippen molar-refractivity contribution in [1.29, 1.82) is 0 Å². The molecule has 0 aliphatic carbocycles. The van der Waals surface area contributed by atoms with Crippen LogP contribution in [0.25, 0.3) is 61.5 Å². The number of nitrogen functional groups attached to an aromatic ring is 2. The number of esters is 2. The van der Waals surface area contributed by atoms with Gasteiger partial charge in [0.15, 0.2) is 17.3 Å². The molecular weight excluding hydrogens is 1120 g/mol. The van der Waals surface area contributed by atoms with Crippen LogP contribution in [-0.2, 0) is 19.1 Å². The Balaban J connectivity index is 0.000000140. The fourth-order valence-electron chi connectivity index (χ4n) is 7.70. The molecule has 0 fully saturated rings. The number of benzene rings is 4. The van der Waals surface area contributed by atoms with E-state index in [4.69, 9.17) is 21.3 Å². The molecule has 440 valence electrons. The van der Waals surface area contributed by atoms with E-state index in [0.29, 0.717) is 41.3 Å². The SMILES string of the molecule is CCOC(=O)C(=O)/C=C/N(C)C.CCOC(=O)c1ccn2c(n1)nc1ccccc12.Nc1ccc(F)nc1.Nc1nc2ccccc2[nH]1.O=C(Nc1ccc(F)nc1)c1ccn2c(n1)nc1ccccc12.O=C(O)c1ccn2c(n1)nc1ccccc12. The van der Waals surface area contributed by atoms with Gasteiger partial charge in [-0.2, -0.15) is 8.78 Å². The zero-order chi connectivity index (χ0) is 62.0. The van der Waals surface area contributed by atoms with E-state index in [1.54, 1.807) is 68.0 Å². The highest BCUT2D eigenvalue weighted by atomic mass is 19.1. The monoisotopic (exact) mass is 1180 g/mol. The molecule has 9 aromatic heterocycles. The molecule has 25 nitrogen and oxygen atoms in total. The summed E-state index contributed by atoms with van der Waals surface area (Å²) in [6.07, 6.45) is 10.4. The van der Waals surface area contributed by atoms with E-state index in [0.717, 1.165) is 44.1 Å². The third-order valence-electron chi connectivity index (χ3n) is 11.6. The molecule has 0 saturated carbocycles. The minimum absolute atomic E-state index is 0.00260. The van der Waals surface area contributed by atoms with Gasteiger partial charge in [0.2, 0.25) is 29.2 Å². The number of hydrogen-bond acceptors (Lipinski definition) is 19. The Hall–Kier alpha value is -12.2. The van der Waals surface area contributed by atoms with Gasteiger partial charge in [-0.25, -0.2) is 59.2 Å². The number of hydrogen-bond donors (Lipinski definition) is 5. The Morgan fingerprint density at radius 1 is 0.575 bits per heavy atom. The number of aromatic nitrogens is 13. The number of ether oxygens (including phenoxy) is 2. The topological polar surface area (TPSA) is 336 Å². The lowest BCUT2D eigenvalue weighted by atomic mass is 10.3. The highest BCUT2D eigenvalue weighted by molar-refractivity contribution is 6.38. The van der Waals surface area contributed by atoms with Crippen molar-refractivity contribution < 1.29 is 47.3 Å². The van der Waals surface area contributed by atoms with Gasteiger partial charge >= 0.3 is 17.9 Å². The number of ketones is 1. The molecule has 4 aromatic carbocycles. The first-order valence-electron chi connectivity index (χ1n) is 26.2. The second-order valence-electron chi connectivity index (χ2n) is 18.0. The van der Waals surface area contributed by atoms with Gasteiger partial charge < -0.3 is 41.2 Å². The molecular formula is C60H53F2N17O8. The summed E-state index contributed by atoms with van der Waals surface area (Å²) in [6, 6.07) is 40.6. The zero-order valence-electron chi connectivity index (χ0n) is 46.8. The summed E-state index contributed by atoms with van der Waals surface area (Å²) in [4.78, 5) is 97.0. The molecule has 0 saturated heterocycles. The number of para-hydroxylation sites is 8. The average Bonchev–Trinajstić information content (AvgIpc) is 2.14. The minimum atomic E-state index is -1.05. The Morgan fingerprint density at radius 2 is 1.05 bits per heavy atom. The van der Waals surface area contributed by atoms with Crippen molar-refractivity contribution in [2.45, 2.75) is 13.8 Å². The lowest BCUT2D eigenvalue weighted by Crippen LogP contribution is -2.15. The number of carboxylic acid groups (broad SMARTS) is 1. The fourth-order valence-corrected chi connectivity index (χ4v) is 7.70. The molecule has 0 aliphatic heterocycles. The maximum absolute atomic E-state index is 12.8. The number of rotatable bonds is 9. The molecule has 7 N–H and O–H groups in total. The van der Waals surface area contributed by atoms with Crippen molar-refractivity contribution in [1.82, 2.24) is 67.9 Å². The minimum Gasteiger partial charge on any atom is -0.477 e. The number of nitrogens with two attached hydrogens (primary N) is 2. The van der Waals surface area contributed by atoms with E-state index >= 15 is 0 Å². The number of nitrogens with one attached hydrogen (secondary N) is 2. The molecule has 0 unspecified atom stereocenters. The number of nitrogens with zero attached hydrogens (tertiary/aromatic N) is 13. The van der Waals surface area contributed by atoms with Crippen LogP contribution in [0.1, 0.15) is 45.3 Å². The first-order valence-corrected chi connectivity index (χ1v) is 26.2. The number of halogens is 2. The van der Waals surface area contributed by atoms with Crippen LogP contribution in [0.15, 0.2) is 183 Å². The molecule has 13 rings (SSSR count). The van der Waals surface area contributed by atoms with Gasteiger partial charge in [-0.3, -0.25) is 22.8 Å².